The summed E-state index contributed by atoms with van der Waals surface area (Å²) in [5.41, 5.74) is 5.79. The van der Waals surface area contributed by atoms with Crippen LogP contribution in [0, 0.1) is 11.2 Å². The first-order chi connectivity index (χ1) is 8.97. The molecule has 0 amide bonds. The highest BCUT2D eigenvalue weighted by atomic mass is 79.9. The SMILES string of the molecule is N=C(N)c1ccc(Cl)cc1Oc1ccc(Br)cc1F. The Kier molecular flexibility index (Phi) is 4.07. The van der Waals surface area contributed by atoms with Gasteiger partial charge in [-0.15, -0.1) is 0 Å². The van der Waals surface area contributed by atoms with Crippen LogP contribution < -0.4 is 10.5 Å². The second-order valence-corrected chi connectivity index (χ2v) is 5.08. The van der Waals surface area contributed by atoms with Crippen molar-refractivity contribution in [2.24, 2.45) is 5.73 Å². The standard InChI is InChI=1S/C13H9BrClFN2O/c14-7-1-4-11(10(16)5-7)19-12-6-8(15)2-3-9(12)13(17)18/h1-6H,(H3,17,18). The first-order valence-corrected chi connectivity index (χ1v) is 6.41. The highest BCUT2D eigenvalue weighted by molar-refractivity contribution is 9.10. The molecule has 3 nitrogen and oxygen atoms in total. The van der Waals surface area contributed by atoms with E-state index in [1.807, 2.05) is 0 Å². The topological polar surface area (TPSA) is 59.1 Å². The van der Waals surface area contributed by atoms with Crippen molar-refractivity contribution in [1.29, 1.82) is 5.41 Å². The number of benzene rings is 2. The lowest BCUT2D eigenvalue weighted by Crippen LogP contribution is -2.12. The van der Waals surface area contributed by atoms with Gasteiger partial charge >= 0.3 is 0 Å². The predicted octanol–water partition coefficient (Wildman–Crippen LogP) is 4.32. The third-order valence-corrected chi connectivity index (χ3v) is 3.08. The van der Waals surface area contributed by atoms with Crippen LogP contribution in [0.15, 0.2) is 40.9 Å². The third-order valence-electron chi connectivity index (χ3n) is 2.35. The van der Waals surface area contributed by atoms with Gasteiger partial charge in [-0.1, -0.05) is 27.5 Å². The Hall–Kier alpha value is -1.59. The summed E-state index contributed by atoms with van der Waals surface area (Å²) < 4.78 is 19.7. The molecule has 0 aromatic heterocycles. The quantitative estimate of drug-likeness (QED) is 0.644. The largest absolute Gasteiger partial charge is 0.453 e. The van der Waals surface area contributed by atoms with Crippen molar-refractivity contribution in [2.75, 3.05) is 0 Å². The fraction of sp³-hybridized carbons (Fsp3) is 0. The fourth-order valence-corrected chi connectivity index (χ4v) is 1.97. The molecule has 2 rings (SSSR count). The van der Waals surface area contributed by atoms with Crippen LogP contribution in [0.2, 0.25) is 5.02 Å². The summed E-state index contributed by atoms with van der Waals surface area (Å²) >= 11 is 9.02. The van der Waals surface area contributed by atoms with E-state index in [1.165, 1.54) is 18.2 Å². The number of hydrogen-bond acceptors (Lipinski definition) is 2. The van der Waals surface area contributed by atoms with Gasteiger partial charge in [-0.2, -0.15) is 0 Å². The smallest absolute Gasteiger partial charge is 0.166 e. The monoisotopic (exact) mass is 342 g/mol. The lowest BCUT2D eigenvalue weighted by atomic mass is 10.2. The van der Waals surface area contributed by atoms with E-state index < -0.39 is 5.82 Å². The molecule has 98 valence electrons. The Labute approximate surface area is 122 Å². The first-order valence-electron chi connectivity index (χ1n) is 5.24. The first kappa shape index (κ1) is 13.8. The zero-order valence-electron chi connectivity index (χ0n) is 9.58. The van der Waals surface area contributed by atoms with Crippen LogP contribution in [0.3, 0.4) is 0 Å². The van der Waals surface area contributed by atoms with Gasteiger partial charge in [-0.3, -0.25) is 5.41 Å². The minimum absolute atomic E-state index is 0.0352. The molecule has 0 bridgehead atoms. The molecule has 2 aromatic rings. The van der Waals surface area contributed by atoms with Gasteiger partial charge in [0.2, 0.25) is 0 Å². The van der Waals surface area contributed by atoms with E-state index in [2.05, 4.69) is 15.9 Å². The molecule has 0 saturated heterocycles. The van der Waals surface area contributed by atoms with Crippen molar-refractivity contribution in [3.8, 4) is 11.5 Å². The van der Waals surface area contributed by atoms with Crippen molar-refractivity contribution < 1.29 is 9.13 Å². The van der Waals surface area contributed by atoms with Gasteiger partial charge in [0, 0.05) is 15.6 Å². The molecular formula is C13H9BrClFN2O. The summed E-state index contributed by atoms with van der Waals surface area (Å²) in [6.07, 6.45) is 0. The number of hydrogen-bond donors (Lipinski definition) is 2. The van der Waals surface area contributed by atoms with Crippen molar-refractivity contribution in [2.45, 2.75) is 0 Å². The van der Waals surface area contributed by atoms with E-state index in [-0.39, 0.29) is 17.3 Å². The zero-order chi connectivity index (χ0) is 14.0. The molecule has 0 fully saturated rings. The van der Waals surface area contributed by atoms with Gasteiger partial charge < -0.3 is 10.5 Å². The predicted molar refractivity (Wildman–Crippen MR) is 76.6 cm³/mol. The van der Waals surface area contributed by atoms with Gasteiger partial charge in [0.15, 0.2) is 11.6 Å². The Balaban J connectivity index is 2.42. The van der Waals surface area contributed by atoms with Crippen LogP contribution in [-0.2, 0) is 0 Å². The lowest BCUT2D eigenvalue weighted by Gasteiger charge is -2.11. The number of nitrogen functional groups attached to an aromatic ring is 1. The summed E-state index contributed by atoms with van der Waals surface area (Å²) in [6, 6.07) is 9.04. The normalized spacial score (nSPS) is 10.3. The molecule has 0 unspecified atom stereocenters. The molecule has 0 radical (unpaired) electrons. The van der Waals surface area contributed by atoms with Crippen LogP contribution in [0.25, 0.3) is 0 Å². The molecule has 0 heterocycles. The van der Waals surface area contributed by atoms with Crippen molar-refractivity contribution in [1.82, 2.24) is 0 Å². The molecule has 19 heavy (non-hydrogen) atoms. The number of ether oxygens (including phenoxy) is 1. The molecule has 3 N–H and O–H groups in total. The van der Waals surface area contributed by atoms with Crippen LogP contribution in [-0.4, -0.2) is 5.84 Å². The van der Waals surface area contributed by atoms with Crippen molar-refractivity contribution >= 4 is 33.4 Å². The van der Waals surface area contributed by atoms with E-state index in [9.17, 15) is 4.39 Å². The number of nitrogens with two attached hydrogens (primary N) is 1. The molecule has 0 aliphatic carbocycles. The van der Waals surface area contributed by atoms with Gasteiger partial charge in [0.05, 0.1) is 5.56 Å². The van der Waals surface area contributed by atoms with Crippen molar-refractivity contribution in [3.63, 3.8) is 0 Å². The number of nitrogens with one attached hydrogen (secondary N) is 1. The molecule has 2 aromatic carbocycles. The molecule has 0 saturated carbocycles. The van der Waals surface area contributed by atoms with Crippen molar-refractivity contribution in [3.05, 3.63) is 57.3 Å². The van der Waals surface area contributed by atoms with Crippen LogP contribution in [0.4, 0.5) is 4.39 Å². The van der Waals surface area contributed by atoms with E-state index in [4.69, 9.17) is 27.5 Å². The maximum absolute atomic E-state index is 13.7. The highest BCUT2D eigenvalue weighted by Crippen LogP contribution is 2.31. The summed E-state index contributed by atoms with van der Waals surface area (Å²) in [5, 5.41) is 7.87. The third kappa shape index (κ3) is 3.24. The van der Waals surface area contributed by atoms with E-state index in [0.717, 1.165) is 0 Å². The average molecular weight is 344 g/mol. The summed E-state index contributed by atoms with van der Waals surface area (Å²) in [5.74, 6) is -0.428. The van der Waals surface area contributed by atoms with Gasteiger partial charge in [0.1, 0.15) is 11.6 Å². The Bertz CT molecular complexity index is 649. The van der Waals surface area contributed by atoms with E-state index in [1.54, 1.807) is 18.2 Å². The lowest BCUT2D eigenvalue weighted by molar-refractivity contribution is 0.441. The molecule has 0 aliphatic rings. The Morgan fingerprint density at radius 1 is 1.21 bits per heavy atom. The van der Waals surface area contributed by atoms with E-state index >= 15 is 0 Å². The minimum Gasteiger partial charge on any atom is -0.453 e. The molecule has 0 spiro atoms. The molecule has 6 heteroatoms. The number of amidine groups is 1. The second kappa shape index (κ2) is 5.59. The maximum atomic E-state index is 13.7. The second-order valence-electron chi connectivity index (χ2n) is 3.73. The Morgan fingerprint density at radius 2 is 1.95 bits per heavy atom. The maximum Gasteiger partial charge on any atom is 0.166 e. The fourth-order valence-electron chi connectivity index (χ4n) is 1.48. The molecular weight excluding hydrogens is 335 g/mol. The van der Waals surface area contributed by atoms with Crippen LogP contribution in [0.5, 0.6) is 11.5 Å². The van der Waals surface area contributed by atoms with E-state index in [0.29, 0.717) is 15.1 Å². The van der Waals surface area contributed by atoms with Gasteiger partial charge in [-0.05, 0) is 30.3 Å². The van der Waals surface area contributed by atoms with Crippen LogP contribution in [0.1, 0.15) is 5.56 Å². The highest BCUT2D eigenvalue weighted by Gasteiger charge is 2.11. The number of rotatable bonds is 3. The minimum atomic E-state index is -0.524. The van der Waals surface area contributed by atoms with Gasteiger partial charge in [0.25, 0.3) is 0 Å². The molecule has 0 aliphatic heterocycles. The molecule has 0 atom stereocenters. The number of halogens is 3. The average Bonchev–Trinajstić information content (AvgIpc) is 2.32. The summed E-state index contributed by atoms with van der Waals surface area (Å²) in [4.78, 5) is 0. The summed E-state index contributed by atoms with van der Waals surface area (Å²) in [6.45, 7) is 0. The van der Waals surface area contributed by atoms with Crippen LogP contribution >= 0.6 is 27.5 Å². The Morgan fingerprint density at radius 3 is 2.58 bits per heavy atom. The summed E-state index contributed by atoms with van der Waals surface area (Å²) in [7, 11) is 0. The zero-order valence-corrected chi connectivity index (χ0v) is 11.9. The van der Waals surface area contributed by atoms with Gasteiger partial charge in [-0.25, -0.2) is 4.39 Å².